The minimum absolute atomic E-state index is 0.310. The molecule has 2 rings (SSSR count). The molecule has 2 saturated heterocycles. The third kappa shape index (κ3) is 5.03. The van der Waals surface area contributed by atoms with E-state index in [4.69, 9.17) is 9.47 Å². The van der Waals surface area contributed by atoms with E-state index in [2.05, 4.69) is 24.1 Å². The molecule has 4 heteroatoms. The fourth-order valence-electron chi connectivity index (χ4n) is 3.09. The molecule has 0 spiro atoms. The third-order valence-electron chi connectivity index (χ3n) is 4.12. The van der Waals surface area contributed by atoms with Gasteiger partial charge in [-0.3, -0.25) is 4.90 Å². The van der Waals surface area contributed by atoms with Crippen molar-refractivity contribution in [2.45, 2.75) is 26.7 Å². The minimum atomic E-state index is 0.310. The molecule has 2 heterocycles. The molecule has 0 aromatic heterocycles. The summed E-state index contributed by atoms with van der Waals surface area (Å²) < 4.78 is 11.2. The van der Waals surface area contributed by atoms with Crippen LogP contribution >= 0.6 is 0 Å². The Balaban J connectivity index is 1.85. The summed E-state index contributed by atoms with van der Waals surface area (Å²) in [5, 5.41) is 3.65. The Morgan fingerprint density at radius 2 is 1.95 bits per heavy atom. The zero-order valence-corrected chi connectivity index (χ0v) is 12.6. The highest BCUT2D eigenvalue weighted by Crippen LogP contribution is 2.29. The predicted octanol–water partition coefficient (Wildman–Crippen LogP) is 1.36. The Morgan fingerprint density at radius 1 is 1.16 bits per heavy atom. The second kappa shape index (κ2) is 7.58. The summed E-state index contributed by atoms with van der Waals surface area (Å²) in [4.78, 5) is 2.55. The Hall–Kier alpha value is -0.160. The Bertz CT molecular complexity index is 247. The van der Waals surface area contributed by atoms with Crippen LogP contribution in [0.1, 0.15) is 26.7 Å². The maximum atomic E-state index is 5.79. The SMILES string of the molecule is CC(C)CNCC1(CN2CCOCC2)CCCOC1. The Labute approximate surface area is 117 Å². The molecule has 2 aliphatic heterocycles. The van der Waals surface area contributed by atoms with Crippen LogP contribution in [0.4, 0.5) is 0 Å². The molecule has 0 radical (unpaired) electrons. The molecule has 1 atom stereocenters. The van der Waals surface area contributed by atoms with Crippen molar-refractivity contribution in [1.29, 1.82) is 0 Å². The number of morpholine rings is 1. The number of hydrogen-bond acceptors (Lipinski definition) is 4. The maximum Gasteiger partial charge on any atom is 0.0594 e. The van der Waals surface area contributed by atoms with Gasteiger partial charge < -0.3 is 14.8 Å². The van der Waals surface area contributed by atoms with Gasteiger partial charge in [0.2, 0.25) is 0 Å². The van der Waals surface area contributed by atoms with Crippen molar-refractivity contribution in [1.82, 2.24) is 10.2 Å². The van der Waals surface area contributed by atoms with Crippen molar-refractivity contribution in [2.24, 2.45) is 11.3 Å². The zero-order valence-electron chi connectivity index (χ0n) is 12.6. The van der Waals surface area contributed by atoms with Crippen molar-refractivity contribution < 1.29 is 9.47 Å². The van der Waals surface area contributed by atoms with Crippen LogP contribution in [-0.2, 0) is 9.47 Å². The van der Waals surface area contributed by atoms with Crippen molar-refractivity contribution in [3.05, 3.63) is 0 Å². The van der Waals surface area contributed by atoms with E-state index in [1.807, 2.05) is 0 Å². The van der Waals surface area contributed by atoms with Gasteiger partial charge in [-0.2, -0.15) is 0 Å². The summed E-state index contributed by atoms with van der Waals surface area (Å²) in [6.45, 7) is 13.6. The van der Waals surface area contributed by atoms with E-state index in [9.17, 15) is 0 Å². The lowest BCUT2D eigenvalue weighted by atomic mass is 9.81. The van der Waals surface area contributed by atoms with E-state index < -0.39 is 0 Å². The van der Waals surface area contributed by atoms with Gasteiger partial charge in [-0.1, -0.05) is 13.8 Å². The maximum absolute atomic E-state index is 5.79. The van der Waals surface area contributed by atoms with Crippen LogP contribution in [0.5, 0.6) is 0 Å². The minimum Gasteiger partial charge on any atom is -0.381 e. The predicted molar refractivity (Wildman–Crippen MR) is 77.5 cm³/mol. The fraction of sp³-hybridized carbons (Fsp3) is 1.00. The summed E-state index contributed by atoms with van der Waals surface area (Å²) in [6, 6.07) is 0. The first-order chi connectivity index (χ1) is 9.20. The number of rotatable bonds is 6. The van der Waals surface area contributed by atoms with E-state index in [1.54, 1.807) is 0 Å². The summed E-state index contributed by atoms with van der Waals surface area (Å²) in [7, 11) is 0. The van der Waals surface area contributed by atoms with Crippen LogP contribution in [0.25, 0.3) is 0 Å². The standard InChI is InChI=1S/C15H30N2O2/c1-14(2)10-16-11-15(4-3-7-19-13-15)12-17-5-8-18-9-6-17/h14,16H,3-13H2,1-2H3. The molecule has 2 aliphatic rings. The largest absolute Gasteiger partial charge is 0.381 e. The van der Waals surface area contributed by atoms with Gasteiger partial charge in [-0.25, -0.2) is 0 Å². The topological polar surface area (TPSA) is 33.7 Å². The van der Waals surface area contributed by atoms with Gasteiger partial charge in [0.25, 0.3) is 0 Å². The molecule has 112 valence electrons. The van der Waals surface area contributed by atoms with Crippen LogP contribution in [-0.4, -0.2) is 64.1 Å². The van der Waals surface area contributed by atoms with E-state index in [-0.39, 0.29) is 0 Å². The van der Waals surface area contributed by atoms with E-state index in [0.717, 1.165) is 59.2 Å². The molecule has 0 aromatic rings. The molecule has 0 bridgehead atoms. The van der Waals surface area contributed by atoms with Gasteiger partial charge in [0.05, 0.1) is 19.8 Å². The van der Waals surface area contributed by atoms with Gasteiger partial charge in [-0.05, 0) is 25.3 Å². The van der Waals surface area contributed by atoms with Crippen LogP contribution in [0.3, 0.4) is 0 Å². The molecule has 1 unspecified atom stereocenters. The second-order valence-corrected chi connectivity index (χ2v) is 6.57. The molecular formula is C15H30N2O2. The number of hydrogen-bond donors (Lipinski definition) is 1. The molecule has 0 saturated carbocycles. The van der Waals surface area contributed by atoms with E-state index in [1.165, 1.54) is 12.8 Å². The average Bonchev–Trinajstić information content (AvgIpc) is 2.40. The first-order valence-electron chi connectivity index (χ1n) is 7.79. The smallest absolute Gasteiger partial charge is 0.0594 e. The van der Waals surface area contributed by atoms with E-state index >= 15 is 0 Å². The molecule has 4 nitrogen and oxygen atoms in total. The lowest BCUT2D eigenvalue weighted by Gasteiger charge is -2.42. The molecule has 0 aromatic carbocycles. The quantitative estimate of drug-likeness (QED) is 0.790. The van der Waals surface area contributed by atoms with Crippen LogP contribution < -0.4 is 5.32 Å². The normalized spacial score (nSPS) is 29.8. The lowest BCUT2D eigenvalue weighted by molar-refractivity contribution is -0.0454. The number of nitrogens with zero attached hydrogens (tertiary/aromatic N) is 1. The number of ether oxygens (including phenoxy) is 2. The van der Waals surface area contributed by atoms with Crippen molar-refractivity contribution >= 4 is 0 Å². The van der Waals surface area contributed by atoms with Gasteiger partial charge >= 0.3 is 0 Å². The van der Waals surface area contributed by atoms with Gasteiger partial charge in [0.15, 0.2) is 0 Å². The average molecular weight is 270 g/mol. The monoisotopic (exact) mass is 270 g/mol. The van der Waals surface area contributed by atoms with Crippen molar-refractivity contribution in [2.75, 3.05) is 59.2 Å². The Morgan fingerprint density at radius 3 is 2.58 bits per heavy atom. The zero-order chi connectivity index (χ0) is 13.6. The Kier molecular flexibility index (Phi) is 6.07. The molecule has 19 heavy (non-hydrogen) atoms. The summed E-state index contributed by atoms with van der Waals surface area (Å²) in [6.07, 6.45) is 2.49. The van der Waals surface area contributed by atoms with Crippen LogP contribution in [0, 0.1) is 11.3 Å². The first-order valence-corrected chi connectivity index (χ1v) is 7.79. The molecule has 2 fully saturated rings. The van der Waals surface area contributed by atoms with Crippen molar-refractivity contribution in [3.63, 3.8) is 0 Å². The van der Waals surface area contributed by atoms with Crippen LogP contribution in [0.15, 0.2) is 0 Å². The van der Waals surface area contributed by atoms with E-state index in [0.29, 0.717) is 11.3 Å². The first kappa shape index (κ1) is 15.2. The van der Waals surface area contributed by atoms with Crippen LogP contribution in [0.2, 0.25) is 0 Å². The number of nitrogens with one attached hydrogen (secondary N) is 1. The summed E-state index contributed by atoms with van der Waals surface area (Å²) >= 11 is 0. The highest BCUT2D eigenvalue weighted by atomic mass is 16.5. The second-order valence-electron chi connectivity index (χ2n) is 6.57. The summed E-state index contributed by atoms with van der Waals surface area (Å²) in [5.41, 5.74) is 0.310. The third-order valence-corrected chi connectivity index (χ3v) is 4.12. The lowest BCUT2D eigenvalue weighted by Crippen LogP contribution is -2.51. The fourth-order valence-corrected chi connectivity index (χ4v) is 3.09. The summed E-state index contributed by atoms with van der Waals surface area (Å²) in [5.74, 6) is 0.713. The molecular weight excluding hydrogens is 240 g/mol. The highest BCUT2D eigenvalue weighted by molar-refractivity contribution is 4.88. The molecule has 0 amide bonds. The van der Waals surface area contributed by atoms with Gasteiger partial charge in [-0.15, -0.1) is 0 Å². The molecule has 0 aliphatic carbocycles. The van der Waals surface area contributed by atoms with Crippen molar-refractivity contribution in [3.8, 4) is 0 Å². The highest BCUT2D eigenvalue weighted by Gasteiger charge is 2.34. The van der Waals surface area contributed by atoms with Gasteiger partial charge in [0, 0.05) is 38.2 Å². The van der Waals surface area contributed by atoms with Gasteiger partial charge in [0.1, 0.15) is 0 Å². The molecule has 1 N–H and O–H groups in total.